The minimum Gasteiger partial charge on any atom is -0.392 e. The van der Waals surface area contributed by atoms with Crippen molar-refractivity contribution in [3.05, 3.63) is 64.2 Å². The zero-order valence-electron chi connectivity index (χ0n) is 15.7. The van der Waals surface area contributed by atoms with Crippen molar-refractivity contribution in [3.8, 4) is 17.1 Å². The fourth-order valence-electron chi connectivity index (χ4n) is 3.07. The first-order valence-electron chi connectivity index (χ1n) is 8.88. The van der Waals surface area contributed by atoms with Gasteiger partial charge in [0, 0.05) is 35.3 Å². The molecule has 2 heterocycles. The largest absolute Gasteiger partial charge is 0.392 e. The van der Waals surface area contributed by atoms with Crippen LogP contribution in [0, 0.1) is 10.1 Å². The molecule has 2 N–H and O–H groups in total. The molecule has 0 bridgehead atoms. The molecule has 1 aliphatic heterocycles. The predicted molar refractivity (Wildman–Crippen MR) is 107 cm³/mol. The number of benzene rings is 2. The number of aliphatic hydroxyl groups excluding tert-OH is 1. The van der Waals surface area contributed by atoms with Crippen LogP contribution < -0.4 is 4.80 Å². The maximum atomic E-state index is 11.8. The molecule has 0 aliphatic carbocycles. The van der Waals surface area contributed by atoms with Crippen molar-refractivity contribution in [2.45, 2.75) is 17.9 Å². The Bertz CT molecular complexity index is 1360. The quantitative estimate of drug-likeness (QED) is 0.248. The van der Waals surface area contributed by atoms with Crippen LogP contribution in [0.2, 0.25) is 0 Å². The van der Waals surface area contributed by atoms with E-state index in [4.69, 9.17) is 0 Å². The van der Waals surface area contributed by atoms with Gasteiger partial charge in [0.1, 0.15) is 10.6 Å². The van der Waals surface area contributed by atoms with Gasteiger partial charge < -0.3 is 5.11 Å². The van der Waals surface area contributed by atoms with Crippen molar-refractivity contribution < 1.29 is 27.8 Å². The van der Waals surface area contributed by atoms with Gasteiger partial charge in [0.2, 0.25) is 0 Å². The Balaban J connectivity index is 1.96. The number of aliphatic hydroxyl groups is 1. The third-order valence-electron chi connectivity index (χ3n) is 4.46. The molecule has 4 rings (SSSR count). The molecule has 1 aliphatic rings. The molecule has 0 amide bonds. The lowest BCUT2D eigenvalue weighted by Crippen LogP contribution is -2.44. The van der Waals surface area contributed by atoms with Crippen LogP contribution in [0.4, 0.5) is 5.69 Å². The Kier molecular flexibility index (Phi) is 5.14. The number of rotatable bonds is 6. The summed E-state index contributed by atoms with van der Waals surface area (Å²) in [5, 5.41) is 29.5. The van der Waals surface area contributed by atoms with Gasteiger partial charge in [-0.05, 0) is 32.9 Å². The molecule has 2 aromatic carbocycles. The molecule has 0 saturated heterocycles. The SMILES string of the molecule is O=[N+]([O-])c1ccc(-n2nc(-c3ccccc3S(=O)(=O)O)n[n+]2C2=CCC=N2)c(CO)c1. The number of aliphatic imine (C=N–C) groups is 1. The van der Waals surface area contributed by atoms with Crippen molar-refractivity contribution in [1.29, 1.82) is 0 Å². The molecule has 0 atom stereocenters. The van der Waals surface area contributed by atoms with Crippen LogP contribution in [0.25, 0.3) is 22.9 Å². The number of aromatic nitrogens is 4. The minimum atomic E-state index is -4.55. The Labute approximate surface area is 175 Å². The summed E-state index contributed by atoms with van der Waals surface area (Å²) in [6, 6.07) is 9.51. The molecule has 158 valence electrons. The van der Waals surface area contributed by atoms with E-state index in [1.807, 2.05) is 0 Å². The first-order chi connectivity index (χ1) is 14.8. The van der Waals surface area contributed by atoms with Gasteiger partial charge >= 0.3 is 5.82 Å². The smallest absolute Gasteiger partial charge is 0.302 e. The number of non-ortho nitro benzene ring substituents is 1. The van der Waals surface area contributed by atoms with E-state index in [0.29, 0.717) is 12.2 Å². The van der Waals surface area contributed by atoms with Crippen LogP contribution >= 0.6 is 0 Å². The summed E-state index contributed by atoms with van der Waals surface area (Å²) >= 11 is 0. The molecule has 12 nitrogen and oxygen atoms in total. The Hall–Kier alpha value is -3.81. The monoisotopic (exact) mass is 443 g/mol. The molecule has 31 heavy (non-hydrogen) atoms. The summed E-state index contributed by atoms with van der Waals surface area (Å²) < 4.78 is 33.2. The van der Waals surface area contributed by atoms with E-state index < -0.39 is 21.6 Å². The van der Waals surface area contributed by atoms with Crippen LogP contribution in [0.3, 0.4) is 0 Å². The third kappa shape index (κ3) is 3.84. The standard InChI is InChI=1S/C18H14N6O6S/c25-11-12-10-13(24(26)27)7-8-15(12)22-20-18(21-23(22)17-6-3-9-19-17)14-4-1-2-5-16(14)31(28,29)30/h1-2,4-10,25H,3,11H2/p+1. The van der Waals surface area contributed by atoms with Gasteiger partial charge in [0.25, 0.3) is 21.6 Å². The topological polar surface area (TPSA) is 165 Å². The fourth-order valence-corrected chi connectivity index (χ4v) is 3.76. The molecule has 3 aromatic rings. The predicted octanol–water partition coefficient (Wildman–Crippen LogP) is 1.14. The average Bonchev–Trinajstić information content (AvgIpc) is 3.42. The normalized spacial score (nSPS) is 13.4. The van der Waals surface area contributed by atoms with Gasteiger partial charge in [0.05, 0.1) is 23.3 Å². The highest BCUT2D eigenvalue weighted by Gasteiger charge is 2.29. The Morgan fingerprint density at radius 2 is 2.00 bits per heavy atom. The summed E-state index contributed by atoms with van der Waals surface area (Å²) in [4.78, 5) is 16.9. The van der Waals surface area contributed by atoms with Gasteiger partial charge in [-0.2, -0.15) is 8.42 Å². The van der Waals surface area contributed by atoms with Gasteiger partial charge in [-0.3, -0.25) is 14.7 Å². The molecule has 13 heteroatoms. The second-order valence-electron chi connectivity index (χ2n) is 6.41. The number of nitro groups is 1. The maximum absolute atomic E-state index is 11.8. The molecule has 1 aromatic heterocycles. The summed E-state index contributed by atoms with van der Waals surface area (Å²) in [5.74, 6) is 0.337. The lowest BCUT2D eigenvalue weighted by molar-refractivity contribution is -0.722. The Morgan fingerprint density at radius 1 is 1.23 bits per heavy atom. The Morgan fingerprint density at radius 3 is 2.65 bits per heavy atom. The van der Waals surface area contributed by atoms with E-state index >= 15 is 0 Å². The molecule has 0 saturated carbocycles. The van der Waals surface area contributed by atoms with Gasteiger partial charge in [-0.15, -0.1) is 4.99 Å². The fraction of sp³-hybridized carbons (Fsp3) is 0.111. The van der Waals surface area contributed by atoms with Gasteiger partial charge in [-0.25, -0.2) is 0 Å². The van der Waals surface area contributed by atoms with Crippen LogP contribution in [0.5, 0.6) is 0 Å². The average molecular weight is 443 g/mol. The van der Waals surface area contributed by atoms with Crippen LogP contribution in [0.1, 0.15) is 12.0 Å². The van der Waals surface area contributed by atoms with E-state index in [9.17, 15) is 28.2 Å². The molecule has 0 radical (unpaired) electrons. The second kappa shape index (κ2) is 7.79. The molecule has 0 unspecified atom stereocenters. The number of allylic oxidation sites excluding steroid dienone is 1. The van der Waals surface area contributed by atoms with E-state index in [1.165, 1.54) is 46.0 Å². The van der Waals surface area contributed by atoms with Gasteiger partial charge in [-0.1, -0.05) is 12.1 Å². The second-order valence-corrected chi connectivity index (χ2v) is 7.80. The van der Waals surface area contributed by atoms with Crippen LogP contribution in [-0.4, -0.2) is 44.2 Å². The van der Waals surface area contributed by atoms with E-state index in [2.05, 4.69) is 15.2 Å². The molecular weight excluding hydrogens is 428 g/mol. The van der Waals surface area contributed by atoms with Crippen molar-refractivity contribution in [3.63, 3.8) is 0 Å². The number of hydrogen-bond acceptors (Lipinski definition) is 8. The number of tetrazole rings is 1. The zero-order valence-corrected chi connectivity index (χ0v) is 16.5. The number of hydrogen-bond donors (Lipinski definition) is 2. The van der Waals surface area contributed by atoms with Gasteiger partial charge in [0.15, 0.2) is 0 Å². The summed E-state index contributed by atoms with van der Waals surface area (Å²) in [5.41, 5.74) is 0.311. The van der Waals surface area contributed by atoms with Crippen molar-refractivity contribution in [1.82, 2.24) is 15.0 Å². The molecule has 0 fully saturated rings. The highest BCUT2D eigenvalue weighted by Crippen LogP contribution is 2.26. The number of nitro benzene ring substituents is 1. The van der Waals surface area contributed by atoms with E-state index in [1.54, 1.807) is 18.4 Å². The van der Waals surface area contributed by atoms with Crippen LogP contribution in [0.15, 0.2) is 58.4 Å². The maximum Gasteiger partial charge on any atom is 0.302 e. The van der Waals surface area contributed by atoms with E-state index in [-0.39, 0.29) is 33.2 Å². The minimum absolute atomic E-state index is 0.0431. The summed E-state index contributed by atoms with van der Waals surface area (Å²) in [7, 11) is -4.55. The lowest BCUT2D eigenvalue weighted by atomic mass is 10.1. The highest BCUT2D eigenvalue weighted by molar-refractivity contribution is 7.86. The first-order valence-corrected chi connectivity index (χ1v) is 10.3. The lowest BCUT2D eigenvalue weighted by Gasteiger charge is -2.05. The van der Waals surface area contributed by atoms with Crippen molar-refractivity contribution in [2.75, 3.05) is 0 Å². The van der Waals surface area contributed by atoms with E-state index in [0.717, 1.165) is 0 Å². The zero-order chi connectivity index (χ0) is 22.2. The van der Waals surface area contributed by atoms with Crippen molar-refractivity contribution >= 4 is 27.8 Å². The highest BCUT2D eigenvalue weighted by atomic mass is 32.2. The van der Waals surface area contributed by atoms with Crippen LogP contribution in [-0.2, 0) is 16.7 Å². The summed E-state index contributed by atoms with van der Waals surface area (Å²) in [6.45, 7) is -0.518. The molecule has 0 spiro atoms. The summed E-state index contributed by atoms with van der Waals surface area (Å²) in [6.07, 6.45) is 3.92. The number of nitrogens with zero attached hydrogens (tertiary/aromatic N) is 6. The third-order valence-corrected chi connectivity index (χ3v) is 5.37. The first kappa shape index (κ1) is 20.5. The molecular formula is C18H15N6O6S+. The van der Waals surface area contributed by atoms with Crippen molar-refractivity contribution in [2.24, 2.45) is 4.99 Å².